The minimum absolute atomic E-state index is 0.0107. The van der Waals surface area contributed by atoms with Crippen LogP contribution in [-0.4, -0.2) is 45.8 Å². The van der Waals surface area contributed by atoms with E-state index in [1.807, 2.05) is 0 Å². The van der Waals surface area contributed by atoms with Gasteiger partial charge in [0.05, 0.1) is 29.0 Å². The van der Waals surface area contributed by atoms with Crippen molar-refractivity contribution in [3.8, 4) is 5.75 Å². The summed E-state index contributed by atoms with van der Waals surface area (Å²) in [6, 6.07) is 3.05. The van der Waals surface area contributed by atoms with Crippen molar-refractivity contribution in [2.45, 2.75) is 75.3 Å². The fourth-order valence-electron chi connectivity index (χ4n) is 4.75. The molecule has 2 atom stereocenters. The number of anilines is 1. The van der Waals surface area contributed by atoms with E-state index in [0.29, 0.717) is 5.92 Å². The van der Waals surface area contributed by atoms with Crippen molar-refractivity contribution in [2.75, 3.05) is 25.1 Å². The molecule has 168 valence electrons. The summed E-state index contributed by atoms with van der Waals surface area (Å²) in [6.07, 6.45) is 9.32. The number of nitrogens with two attached hydrogens (primary N) is 1. The Morgan fingerprint density at radius 1 is 1.23 bits per heavy atom. The molecule has 1 amide bonds. The van der Waals surface area contributed by atoms with E-state index in [4.69, 9.17) is 10.5 Å². The Morgan fingerprint density at radius 3 is 2.57 bits per heavy atom. The second-order valence-corrected chi connectivity index (χ2v) is 10.8. The van der Waals surface area contributed by atoms with Gasteiger partial charge in [-0.3, -0.25) is 4.79 Å². The summed E-state index contributed by atoms with van der Waals surface area (Å²) in [5.41, 5.74) is 6.26. The zero-order valence-corrected chi connectivity index (χ0v) is 18.9. The minimum atomic E-state index is -3.55. The van der Waals surface area contributed by atoms with E-state index in [1.54, 1.807) is 6.92 Å². The Labute approximate surface area is 180 Å². The first-order valence-corrected chi connectivity index (χ1v) is 12.8. The topological polar surface area (TPSA) is 111 Å². The lowest BCUT2D eigenvalue weighted by Crippen LogP contribution is -2.48. The van der Waals surface area contributed by atoms with Gasteiger partial charge in [-0.1, -0.05) is 39.0 Å². The summed E-state index contributed by atoms with van der Waals surface area (Å²) in [7, 11) is -2.09. The SMILES string of the molecule is CCS(=O)(=O)c1cc(C(=O)NC(CC2CCCCC2)C2CCCN2)c(OC)cc1N. The second-order valence-electron chi connectivity index (χ2n) is 8.52. The van der Waals surface area contributed by atoms with Crippen molar-refractivity contribution in [1.29, 1.82) is 0 Å². The van der Waals surface area contributed by atoms with Crippen LogP contribution < -0.4 is 21.1 Å². The predicted molar refractivity (Wildman–Crippen MR) is 119 cm³/mol. The summed E-state index contributed by atoms with van der Waals surface area (Å²) in [5, 5.41) is 6.72. The molecule has 8 heteroatoms. The van der Waals surface area contributed by atoms with Crippen LogP contribution in [0.25, 0.3) is 0 Å². The summed E-state index contributed by atoms with van der Waals surface area (Å²) < 4.78 is 30.2. The van der Waals surface area contributed by atoms with Gasteiger partial charge >= 0.3 is 0 Å². The normalized spacial score (nSPS) is 21.3. The molecule has 1 aliphatic heterocycles. The molecule has 0 radical (unpaired) electrons. The molecule has 0 aromatic heterocycles. The quantitative estimate of drug-likeness (QED) is 0.539. The Balaban J connectivity index is 1.86. The van der Waals surface area contributed by atoms with Gasteiger partial charge in [-0.05, 0) is 37.8 Å². The third-order valence-electron chi connectivity index (χ3n) is 6.50. The van der Waals surface area contributed by atoms with Gasteiger partial charge in [0.2, 0.25) is 0 Å². The van der Waals surface area contributed by atoms with E-state index in [-0.39, 0.29) is 45.6 Å². The Hall–Kier alpha value is -1.80. The first kappa shape index (κ1) is 22.9. The first-order chi connectivity index (χ1) is 14.4. The van der Waals surface area contributed by atoms with Crippen molar-refractivity contribution in [2.24, 2.45) is 5.92 Å². The van der Waals surface area contributed by atoms with Crippen molar-refractivity contribution in [1.82, 2.24) is 10.6 Å². The van der Waals surface area contributed by atoms with Gasteiger partial charge < -0.3 is 21.1 Å². The fourth-order valence-corrected chi connectivity index (χ4v) is 5.78. The smallest absolute Gasteiger partial charge is 0.255 e. The highest BCUT2D eigenvalue weighted by Gasteiger charge is 2.31. The molecule has 2 fully saturated rings. The lowest BCUT2D eigenvalue weighted by atomic mass is 9.83. The molecule has 4 N–H and O–H groups in total. The molecule has 3 rings (SSSR count). The molecule has 0 bridgehead atoms. The van der Waals surface area contributed by atoms with Gasteiger partial charge in [0.15, 0.2) is 9.84 Å². The monoisotopic (exact) mass is 437 g/mol. The average molecular weight is 438 g/mol. The van der Waals surface area contributed by atoms with E-state index in [0.717, 1.165) is 25.8 Å². The standard InChI is InChI=1S/C22H35N3O4S/c1-3-30(27,28)21-13-16(20(29-2)14-17(21)23)22(26)25-19(18-10-7-11-24-18)12-15-8-5-4-6-9-15/h13-15,18-19,24H,3-12,23H2,1-2H3,(H,25,26). The molecule has 1 heterocycles. The van der Waals surface area contributed by atoms with Crippen LogP contribution in [0.15, 0.2) is 17.0 Å². The highest BCUT2D eigenvalue weighted by atomic mass is 32.2. The highest BCUT2D eigenvalue weighted by molar-refractivity contribution is 7.91. The number of rotatable bonds is 8. The Kier molecular flexibility index (Phi) is 7.63. The van der Waals surface area contributed by atoms with Crippen molar-refractivity contribution >= 4 is 21.4 Å². The second kappa shape index (κ2) is 10.0. The number of nitrogens with one attached hydrogen (secondary N) is 2. The van der Waals surface area contributed by atoms with Gasteiger partial charge in [-0.15, -0.1) is 0 Å². The van der Waals surface area contributed by atoms with Crippen LogP contribution >= 0.6 is 0 Å². The van der Waals surface area contributed by atoms with Crippen LogP contribution in [0.4, 0.5) is 5.69 Å². The van der Waals surface area contributed by atoms with Crippen molar-refractivity contribution in [3.63, 3.8) is 0 Å². The summed E-state index contributed by atoms with van der Waals surface area (Å²) in [4.78, 5) is 13.2. The third-order valence-corrected chi connectivity index (χ3v) is 8.29. The molecule has 7 nitrogen and oxygen atoms in total. The van der Waals surface area contributed by atoms with Gasteiger partial charge in [0.1, 0.15) is 5.75 Å². The largest absolute Gasteiger partial charge is 0.496 e. The Bertz CT molecular complexity index is 844. The summed E-state index contributed by atoms with van der Waals surface area (Å²) in [6.45, 7) is 2.52. The molecule has 0 spiro atoms. The van der Waals surface area contributed by atoms with Crippen LogP contribution in [-0.2, 0) is 9.84 Å². The fraction of sp³-hybridized carbons (Fsp3) is 0.682. The van der Waals surface area contributed by atoms with Gasteiger partial charge in [0, 0.05) is 18.2 Å². The maximum atomic E-state index is 13.3. The van der Waals surface area contributed by atoms with E-state index >= 15 is 0 Å². The van der Waals surface area contributed by atoms with Gasteiger partial charge in [-0.25, -0.2) is 8.42 Å². The summed E-state index contributed by atoms with van der Waals surface area (Å²) in [5.74, 6) is 0.515. The minimum Gasteiger partial charge on any atom is -0.496 e. The number of amides is 1. The molecule has 1 aromatic carbocycles. The number of carbonyl (C=O) groups is 1. The molecule has 1 saturated heterocycles. The number of nitrogen functional groups attached to an aromatic ring is 1. The molecule has 1 saturated carbocycles. The molecule has 1 aromatic rings. The lowest BCUT2D eigenvalue weighted by Gasteiger charge is -2.31. The predicted octanol–water partition coefficient (Wildman–Crippen LogP) is 2.89. The highest BCUT2D eigenvalue weighted by Crippen LogP contribution is 2.31. The van der Waals surface area contributed by atoms with Crippen LogP contribution in [0.5, 0.6) is 5.75 Å². The summed E-state index contributed by atoms with van der Waals surface area (Å²) >= 11 is 0. The van der Waals surface area contributed by atoms with E-state index in [9.17, 15) is 13.2 Å². The lowest BCUT2D eigenvalue weighted by molar-refractivity contribution is 0.0915. The van der Waals surface area contributed by atoms with Gasteiger partial charge in [0.25, 0.3) is 5.91 Å². The molecule has 30 heavy (non-hydrogen) atoms. The van der Waals surface area contributed by atoms with E-state index < -0.39 is 9.84 Å². The molecule has 2 unspecified atom stereocenters. The van der Waals surface area contributed by atoms with E-state index in [1.165, 1.54) is 51.3 Å². The average Bonchev–Trinajstić information content (AvgIpc) is 3.28. The van der Waals surface area contributed by atoms with Crippen LogP contribution in [0.1, 0.15) is 68.6 Å². The molecule has 1 aliphatic carbocycles. The van der Waals surface area contributed by atoms with Crippen molar-refractivity contribution in [3.05, 3.63) is 17.7 Å². The van der Waals surface area contributed by atoms with Crippen LogP contribution in [0.2, 0.25) is 0 Å². The third kappa shape index (κ3) is 5.27. The zero-order valence-electron chi connectivity index (χ0n) is 18.1. The molecule has 2 aliphatic rings. The van der Waals surface area contributed by atoms with Crippen LogP contribution in [0.3, 0.4) is 0 Å². The number of hydrogen-bond acceptors (Lipinski definition) is 6. The maximum Gasteiger partial charge on any atom is 0.255 e. The number of ether oxygens (including phenoxy) is 1. The first-order valence-electron chi connectivity index (χ1n) is 11.1. The molecular weight excluding hydrogens is 402 g/mol. The van der Waals surface area contributed by atoms with Crippen LogP contribution in [0, 0.1) is 5.92 Å². The zero-order chi connectivity index (χ0) is 21.7. The maximum absolute atomic E-state index is 13.3. The Morgan fingerprint density at radius 2 is 1.97 bits per heavy atom. The number of hydrogen-bond donors (Lipinski definition) is 3. The van der Waals surface area contributed by atoms with Crippen molar-refractivity contribution < 1.29 is 17.9 Å². The number of sulfone groups is 1. The van der Waals surface area contributed by atoms with E-state index in [2.05, 4.69) is 10.6 Å². The van der Waals surface area contributed by atoms with Gasteiger partial charge in [-0.2, -0.15) is 0 Å². The number of benzene rings is 1. The molecular formula is C22H35N3O4S. The number of carbonyl (C=O) groups excluding carboxylic acids is 1. The number of methoxy groups -OCH3 is 1.